The number of anilines is 2. The molecule has 0 saturated heterocycles. The number of rotatable bonds is 4. The maximum Gasteiger partial charge on any atom is 0.224 e. The van der Waals surface area contributed by atoms with Gasteiger partial charge in [0.1, 0.15) is 0 Å². The van der Waals surface area contributed by atoms with E-state index in [9.17, 15) is 4.79 Å². The Labute approximate surface area is 107 Å². The van der Waals surface area contributed by atoms with E-state index in [1.54, 1.807) is 0 Å². The molecule has 0 radical (unpaired) electrons. The number of nitrogens with two attached hydrogens (primary N) is 2. The zero-order valence-corrected chi connectivity index (χ0v) is 10.6. The predicted octanol–water partition coefficient (Wildman–Crippen LogP) is 0.294. The van der Waals surface area contributed by atoms with Crippen LogP contribution in [-0.4, -0.2) is 32.1 Å². The van der Waals surface area contributed by atoms with Crippen LogP contribution in [0.2, 0.25) is 0 Å². The van der Waals surface area contributed by atoms with Crippen LogP contribution in [0.3, 0.4) is 0 Å². The topological polar surface area (TPSA) is 84.4 Å². The fourth-order valence-corrected chi connectivity index (χ4v) is 2.14. The summed E-state index contributed by atoms with van der Waals surface area (Å²) in [5, 5.41) is 2.88. The number of benzene rings is 1. The van der Waals surface area contributed by atoms with Gasteiger partial charge in [-0.05, 0) is 30.2 Å². The van der Waals surface area contributed by atoms with E-state index in [-0.39, 0.29) is 11.9 Å². The van der Waals surface area contributed by atoms with Crippen molar-refractivity contribution in [1.82, 2.24) is 0 Å². The van der Waals surface area contributed by atoms with Crippen LogP contribution < -0.4 is 21.7 Å². The Morgan fingerprint density at radius 3 is 2.94 bits per heavy atom. The Morgan fingerprint density at radius 2 is 2.22 bits per heavy atom. The van der Waals surface area contributed by atoms with Crippen LogP contribution in [0.4, 0.5) is 11.4 Å². The number of hydrogen-bond acceptors (Lipinski definition) is 4. The van der Waals surface area contributed by atoms with E-state index in [0.717, 1.165) is 24.3 Å². The summed E-state index contributed by atoms with van der Waals surface area (Å²) < 4.78 is 0. The molecule has 1 aromatic rings. The monoisotopic (exact) mass is 248 g/mol. The Balaban J connectivity index is 2.13. The van der Waals surface area contributed by atoms with E-state index in [1.165, 1.54) is 5.56 Å². The zero-order chi connectivity index (χ0) is 13.1. The molecule has 0 bridgehead atoms. The smallest absolute Gasteiger partial charge is 0.224 e. The van der Waals surface area contributed by atoms with E-state index in [1.807, 2.05) is 19.2 Å². The SMILES string of the molecule is CN(CC(N)CN)c1ccc2c(c1)CCC(=O)N2. The number of carbonyl (C=O) groups excluding carboxylic acids is 1. The molecule has 5 heteroatoms. The van der Waals surface area contributed by atoms with Gasteiger partial charge in [0.2, 0.25) is 5.91 Å². The fourth-order valence-electron chi connectivity index (χ4n) is 2.14. The highest BCUT2D eigenvalue weighted by molar-refractivity contribution is 5.94. The lowest BCUT2D eigenvalue weighted by Crippen LogP contribution is -2.40. The largest absolute Gasteiger partial charge is 0.373 e. The van der Waals surface area contributed by atoms with Gasteiger partial charge in [-0.2, -0.15) is 0 Å². The minimum absolute atomic E-state index is 0.0225. The summed E-state index contributed by atoms with van der Waals surface area (Å²) in [6.45, 7) is 1.20. The Bertz CT molecular complexity index is 447. The first-order chi connectivity index (χ1) is 8.60. The second-order valence-electron chi connectivity index (χ2n) is 4.77. The molecular formula is C13H20N4O. The van der Waals surface area contributed by atoms with Crippen molar-refractivity contribution < 1.29 is 4.79 Å². The number of carbonyl (C=O) groups is 1. The first-order valence-electron chi connectivity index (χ1n) is 6.19. The molecule has 1 aliphatic heterocycles. The molecule has 1 unspecified atom stereocenters. The highest BCUT2D eigenvalue weighted by atomic mass is 16.1. The molecule has 18 heavy (non-hydrogen) atoms. The number of hydrogen-bond donors (Lipinski definition) is 3. The number of nitrogens with one attached hydrogen (secondary N) is 1. The van der Waals surface area contributed by atoms with Crippen LogP contribution in [0.15, 0.2) is 18.2 Å². The van der Waals surface area contributed by atoms with Crippen LogP contribution in [0.5, 0.6) is 0 Å². The van der Waals surface area contributed by atoms with Gasteiger partial charge in [-0.3, -0.25) is 4.79 Å². The number of aryl methyl sites for hydroxylation is 1. The summed E-state index contributed by atoms with van der Waals surface area (Å²) in [7, 11) is 2.00. The fraction of sp³-hybridized carbons (Fsp3) is 0.462. The Morgan fingerprint density at radius 1 is 1.44 bits per heavy atom. The quantitative estimate of drug-likeness (QED) is 0.715. The Hall–Kier alpha value is -1.59. The molecule has 0 spiro atoms. The van der Waals surface area contributed by atoms with Gasteiger partial charge in [0.15, 0.2) is 0 Å². The van der Waals surface area contributed by atoms with Crippen molar-refractivity contribution in [2.75, 3.05) is 30.4 Å². The summed E-state index contributed by atoms with van der Waals surface area (Å²) in [4.78, 5) is 13.4. The molecule has 0 aliphatic carbocycles. The second kappa shape index (κ2) is 5.37. The van der Waals surface area contributed by atoms with Gasteiger partial charge in [0.25, 0.3) is 0 Å². The van der Waals surface area contributed by atoms with Crippen molar-refractivity contribution in [2.24, 2.45) is 11.5 Å². The summed E-state index contributed by atoms with van der Waals surface area (Å²) in [5.74, 6) is 0.0914. The van der Waals surface area contributed by atoms with Crippen molar-refractivity contribution in [3.8, 4) is 0 Å². The molecule has 98 valence electrons. The third-order valence-electron chi connectivity index (χ3n) is 3.24. The third kappa shape index (κ3) is 2.80. The normalized spacial score (nSPS) is 15.8. The van der Waals surface area contributed by atoms with E-state index >= 15 is 0 Å². The molecule has 5 nitrogen and oxygen atoms in total. The number of nitrogens with zero attached hydrogens (tertiary/aromatic N) is 1. The minimum Gasteiger partial charge on any atom is -0.373 e. The van der Waals surface area contributed by atoms with Crippen molar-refractivity contribution in [1.29, 1.82) is 0 Å². The zero-order valence-electron chi connectivity index (χ0n) is 10.6. The van der Waals surface area contributed by atoms with E-state index in [4.69, 9.17) is 11.5 Å². The lowest BCUT2D eigenvalue weighted by Gasteiger charge is -2.25. The van der Waals surface area contributed by atoms with Crippen LogP contribution in [0, 0.1) is 0 Å². The third-order valence-corrected chi connectivity index (χ3v) is 3.24. The summed E-state index contributed by atoms with van der Waals surface area (Å²) >= 11 is 0. The average molecular weight is 248 g/mol. The lowest BCUT2D eigenvalue weighted by molar-refractivity contribution is -0.116. The number of amides is 1. The molecule has 1 heterocycles. The second-order valence-corrected chi connectivity index (χ2v) is 4.77. The van der Waals surface area contributed by atoms with Crippen molar-refractivity contribution in [2.45, 2.75) is 18.9 Å². The van der Waals surface area contributed by atoms with Gasteiger partial charge in [-0.25, -0.2) is 0 Å². The van der Waals surface area contributed by atoms with E-state index in [2.05, 4.69) is 16.3 Å². The highest BCUT2D eigenvalue weighted by Gasteiger charge is 2.16. The van der Waals surface area contributed by atoms with Crippen molar-refractivity contribution in [3.63, 3.8) is 0 Å². The molecule has 1 aliphatic rings. The predicted molar refractivity (Wildman–Crippen MR) is 73.7 cm³/mol. The molecule has 1 aromatic carbocycles. The van der Waals surface area contributed by atoms with E-state index < -0.39 is 0 Å². The summed E-state index contributed by atoms with van der Waals surface area (Å²) in [6, 6.07) is 6.03. The maximum atomic E-state index is 11.3. The van der Waals surface area contributed by atoms with Gasteiger partial charge >= 0.3 is 0 Å². The van der Waals surface area contributed by atoms with Gasteiger partial charge in [0, 0.05) is 44.0 Å². The highest BCUT2D eigenvalue weighted by Crippen LogP contribution is 2.27. The van der Waals surface area contributed by atoms with Crippen LogP contribution in [-0.2, 0) is 11.2 Å². The number of fused-ring (bicyclic) bond motifs is 1. The molecule has 0 aromatic heterocycles. The first-order valence-corrected chi connectivity index (χ1v) is 6.19. The minimum atomic E-state index is -0.0225. The standard InChI is InChI=1S/C13H20N4O/c1-17(8-10(15)7-14)11-3-4-12-9(6-11)2-5-13(18)16-12/h3-4,6,10H,2,5,7-8,14-15H2,1H3,(H,16,18). The summed E-state index contributed by atoms with van der Waals surface area (Å²) in [6.07, 6.45) is 1.36. The molecule has 1 amide bonds. The van der Waals surface area contributed by atoms with Gasteiger partial charge in [0.05, 0.1) is 0 Å². The van der Waals surface area contributed by atoms with Crippen LogP contribution >= 0.6 is 0 Å². The molecule has 0 saturated carbocycles. The van der Waals surface area contributed by atoms with Crippen LogP contribution in [0.1, 0.15) is 12.0 Å². The van der Waals surface area contributed by atoms with Gasteiger partial charge in [-0.15, -0.1) is 0 Å². The average Bonchev–Trinajstić information content (AvgIpc) is 2.37. The van der Waals surface area contributed by atoms with Crippen molar-refractivity contribution >= 4 is 17.3 Å². The van der Waals surface area contributed by atoms with Crippen LogP contribution in [0.25, 0.3) is 0 Å². The molecule has 1 atom stereocenters. The summed E-state index contributed by atoms with van der Waals surface area (Å²) in [5.41, 5.74) is 14.6. The van der Waals surface area contributed by atoms with Gasteiger partial charge in [-0.1, -0.05) is 0 Å². The number of likely N-dealkylation sites (N-methyl/N-ethyl adjacent to an activating group) is 1. The molecule has 2 rings (SSSR count). The molecule has 5 N–H and O–H groups in total. The van der Waals surface area contributed by atoms with Gasteiger partial charge < -0.3 is 21.7 Å². The van der Waals surface area contributed by atoms with Crippen molar-refractivity contribution in [3.05, 3.63) is 23.8 Å². The van der Waals surface area contributed by atoms with E-state index in [0.29, 0.717) is 13.0 Å². The Kier molecular flexibility index (Phi) is 3.84. The first kappa shape index (κ1) is 12.9. The lowest BCUT2D eigenvalue weighted by atomic mass is 10.0. The molecular weight excluding hydrogens is 228 g/mol. The molecule has 0 fully saturated rings. The maximum absolute atomic E-state index is 11.3.